The molecule has 0 spiro atoms. The Morgan fingerprint density at radius 3 is 2.49 bits per heavy atom. The maximum Gasteiger partial charge on any atom is 0.253 e. The van der Waals surface area contributed by atoms with Crippen LogP contribution in [0.15, 0.2) is 59.8 Å². The van der Waals surface area contributed by atoms with Crippen LogP contribution in [0.5, 0.6) is 5.75 Å². The largest absolute Gasteiger partial charge is 0.492 e. The predicted octanol–water partition coefficient (Wildman–Crippen LogP) is 5.63. The molecule has 0 saturated carbocycles. The fourth-order valence-electron chi connectivity index (χ4n) is 4.32. The first kappa shape index (κ1) is 27.1. The molecular weight excluding hydrogens is 506 g/mol. The summed E-state index contributed by atoms with van der Waals surface area (Å²) in [6, 6.07) is 17.7. The average molecular weight is 540 g/mol. The van der Waals surface area contributed by atoms with E-state index in [2.05, 4.69) is 32.8 Å². The lowest BCUT2D eigenvalue weighted by atomic mass is 10.1. The number of amides is 1. The normalized spacial score (nSPS) is 13.5. The lowest BCUT2D eigenvalue weighted by Crippen LogP contribution is -2.48. The van der Waals surface area contributed by atoms with Crippen LogP contribution >= 0.6 is 23.4 Å². The molecule has 0 radical (unpaired) electrons. The van der Waals surface area contributed by atoms with Crippen LogP contribution in [0.4, 0.5) is 11.5 Å². The number of ether oxygens (including phenoxy) is 1. The first-order chi connectivity index (χ1) is 18.0. The van der Waals surface area contributed by atoms with Crippen molar-refractivity contribution in [2.24, 2.45) is 0 Å². The van der Waals surface area contributed by atoms with Gasteiger partial charge in [-0.1, -0.05) is 54.6 Å². The predicted molar refractivity (Wildman–Crippen MR) is 152 cm³/mol. The molecule has 0 aliphatic carbocycles. The van der Waals surface area contributed by atoms with E-state index in [0.29, 0.717) is 41.3 Å². The zero-order valence-electron chi connectivity index (χ0n) is 21.7. The molecule has 0 N–H and O–H groups in total. The number of carbonyl (C=O) groups is 1. The quantitative estimate of drug-likeness (QED) is 0.188. The fraction of sp³-hybridized carbons (Fsp3) is 0.393. The Morgan fingerprint density at radius 1 is 1.05 bits per heavy atom. The van der Waals surface area contributed by atoms with Gasteiger partial charge in [0.1, 0.15) is 16.7 Å². The van der Waals surface area contributed by atoms with Crippen LogP contribution in [0, 0.1) is 0 Å². The van der Waals surface area contributed by atoms with E-state index in [4.69, 9.17) is 16.3 Å². The molecule has 1 aliphatic rings. The Morgan fingerprint density at radius 2 is 1.78 bits per heavy atom. The van der Waals surface area contributed by atoms with Gasteiger partial charge in [-0.25, -0.2) is 9.97 Å². The Hall–Kier alpha value is -2.97. The van der Waals surface area contributed by atoms with Crippen LogP contribution in [0.3, 0.4) is 0 Å². The molecule has 1 saturated heterocycles. The maximum atomic E-state index is 13.1. The monoisotopic (exact) mass is 539 g/mol. The molecule has 1 aromatic heterocycles. The number of para-hydroxylation sites is 2. The van der Waals surface area contributed by atoms with E-state index in [9.17, 15) is 4.79 Å². The molecule has 37 heavy (non-hydrogen) atoms. The molecule has 0 unspecified atom stereocenters. The zero-order valence-corrected chi connectivity index (χ0v) is 23.3. The van der Waals surface area contributed by atoms with Gasteiger partial charge in [-0.15, -0.1) is 0 Å². The number of benzene rings is 2. The average Bonchev–Trinajstić information content (AvgIpc) is 2.92. The van der Waals surface area contributed by atoms with Crippen LogP contribution in [0.2, 0.25) is 5.15 Å². The summed E-state index contributed by atoms with van der Waals surface area (Å²) in [7, 11) is 2.01. The molecule has 1 fully saturated rings. The van der Waals surface area contributed by atoms with E-state index in [0.717, 1.165) is 48.9 Å². The van der Waals surface area contributed by atoms with Gasteiger partial charge in [-0.05, 0) is 43.2 Å². The van der Waals surface area contributed by atoms with E-state index < -0.39 is 0 Å². The standard InChI is InChI=1S/C28H34ClN5O2S/c1-4-14-32(3)26-19-25(29)30-28(31-26)37-20-21-10-12-22(13-11-21)27(35)34-17-15-33(16-18-34)23-8-6-7-9-24(23)36-5-2/h6-13,19H,4-5,14-18,20H2,1-3H3. The minimum atomic E-state index is 0.0683. The highest BCUT2D eigenvalue weighted by atomic mass is 35.5. The number of rotatable bonds is 10. The summed E-state index contributed by atoms with van der Waals surface area (Å²) in [6.45, 7) is 8.57. The van der Waals surface area contributed by atoms with E-state index in [1.807, 2.05) is 61.3 Å². The lowest BCUT2D eigenvalue weighted by molar-refractivity contribution is 0.0746. The van der Waals surface area contributed by atoms with Crippen LogP contribution < -0.4 is 14.5 Å². The Labute approximate surface area is 228 Å². The second-order valence-corrected chi connectivity index (χ2v) is 10.2. The Balaban J connectivity index is 1.32. The molecule has 7 nitrogen and oxygen atoms in total. The molecule has 2 aromatic carbocycles. The summed E-state index contributed by atoms with van der Waals surface area (Å²) in [6.07, 6.45) is 1.03. The van der Waals surface area contributed by atoms with Crippen LogP contribution in [-0.2, 0) is 5.75 Å². The van der Waals surface area contributed by atoms with Crippen molar-refractivity contribution >= 4 is 40.8 Å². The van der Waals surface area contributed by atoms with Gasteiger partial charge in [-0.2, -0.15) is 0 Å². The highest BCUT2D eigenvalue weighted by Crippen LogP contribution is 2.29. The van der Waals surface area contributed by atoms with E-state index >= 15 is 0 Å². The van der Waals surface area contributed by atoms with Gasteiger partial charge < -0.3 is 19.4 Å². The number of hydrogen-bond acceptors (Lipinski definition) is 7. The number of thioether (sulfide) groups is 1. The second kappa shape index (κ2) is 13.0. The van der Waals surface area contributed by atoms with Crippen molar-refractivity contribution in [1.82, 2.24) is 14.9 Å². The fourth-order valence-corrected chi connectivity index (χ4v) is 5.35. The molecule has 3 aromatic rings. The van der Waals surface area contributed by atoms with E-state index in [1.54, 1.807) is 6.07 Å². The van der Waals surface area contributed by atoms with Crippen molar-refractivity contribution in [3.05, 3.63) is 70.9 Å². The number of nitrogens with zero attached hydrogens (tertiary/aromatic N) is 5. The minimum Gasteiger partial charge on any atom is -0.492 e. The van der Waals surface area contributed by atoms with E-state index in [-0.39, 0.29) is 5.91 Å². The topological polar surface area (TPSA) is 61.8 Å². The Kier molecular flexibility index (Phi) is 9.52. The van der Waals surface area contributed by atoms with Crippen molar-refractivity contribution < 1.29 is 9.53 Å². The summed E-state index contributed by atoms with van der Waals surface area (Å²) in [5.41, 5.74) is 2.90. The minimum absolute atomic E-state index is 0.0683. The zero-order chi connectivity index (χ0) is 26.2. The molecule has 0 atom stereocenters. The van der Waals surface area contributed by atoms with Crippen molar-refractivity contribution in [3.8, 4) is 5.75 Å². The van der Waals surface area contributed by atoms with Gasteiger partial charge in [0.05, 0.1) is 12.3 Å². The number of piperazine rings is 1. The summed E-state index contributed by atoms with van der Waals surface area (Å²) in [5.74, 6) is 2.49. The van der Waals surface area contributed by atoms with Gasteiger partial charge >= 0.3 is 0 Å². The number of aromatic nitrogens is 2. The highest BCUT2D eigenvalue weighted by molar-refractivity contribution is 7.98. The van der Waals surface area contributed by atoms with Crippen LogP contribution in [0.1, 0.15) is 36.2 Å². The van der Waals surface area contributed by atoms with Gasteiger partial charge in [-0.3, -0.25) is 4.79 Å². The first-order valence-corrected chi connectivity index (χ1v) is 14.1. The highest BCUT2D eigenvalue weighted by Gasteiger charge is 2.23. The molecule has 0 bridgehead atoms. The second-order valence-electron chi connectivity index (χ2n) is 8.92. The number of carbonyl (C=O) groups excluding carboxylic acids is 1. The number of hydrogen-bond donors (Lipinski definition) is 0. The van der Waals surface area contributed by atoms with Crippen molar-refractivity contribution in [2.45, 2.75) is 31.2 Å². The van der Waals surface area contributed by atoms with Gasteiger partial charge in [0, 0.05) is 57.2 Å². The van der Waals surface area contributed by atoms with Crippen LogP contribution in [0.25, 0.3) is 0 Å². The lowest BCUT2D eigenvalue weighted by Gasteiger charge is -2.36. The molecule has 9 heteroatoms. The maximum absolute atomic E-state index is 13.1. The van der Waals surface area contributed by atoms with Crippen molar-refractivity contribution in [1.29, 1.82) is 0 Å². The molecule has 2 heterocycles. The summed E-state index contributed by atoms with van der Waals surface area (Å²) < 4.78 is 5.78. The Bertz CT molecular complexity index is 1190. The third-order valence-electron chi connectivity index (χ3n) is 6.25. The molecule has 1 aliphatic heterocycles. The summed E-state index contributed by atoms with van der Waals surface area (Å²) >= 11 is 7.77. The third-order valence-corrected chi connectivity index (χ3v) is 7.36. The molecule has 4 rings (SSSR count). The molecular formula is C28H34ClN5O2S. The summed E-state index contributed by atoms with van der Waals surface area (Å²) in [5, 5.41) is 1.09. The number of anilines is 2. The van der Waals surface area contributed by atoms with Crippen LogP contribution in [-0.4, -0.2) is 67.2 Å². The third kappa shape index (κ3) is 7.08. The van der Waals surface area contributed by atoms with Gasteiger partial charge in [0.2, 0.25) is 0 Å². The van der Waals surface area contributed by atoms with Gasteiger partial charge in [0.15, 0.2) is 5.16 Å². The first-order valence-electron chi connectivity index (χ1n) is 12.7. The summed E-state index contributed by atoms with van der Waals surface area (Å²) in [4.78, 5) is 28.4. The van der Waals surface area contributed by atoms with E-state index in [1.165, 1.54) is 11.8 Å². The molecule has 196 valence electrons. The smallest absolute Gasteiger partial charge is 0.253 e. The molecule has 1 amide bonds. The van der Waals surface area contributed by atoms with Crippen molar-refractivity contribution in [2.75, 3.05) is 56.2 Å². The number of halogens is 1. The van der Waals surface area contributed by atoms with Crippen molar-refractivity contribution in [3.63, 3.8) is 0 Å². The SMILES string of the molecule is CCCN(C)c1cc(Cl)nc(SCc2ccc(C(=O)N3CCN(c4ccccc4OCC)CC3)cc2)n1. The van der Waals surface area contributed by atoms with Gasteiger partial charge in [0.25, 0.3) is 5.91 Å².